The average molecular weight is 219 g/mol. The molecule has 0 spiro atoms. The molecule has 1 heteroatoms. The standard InChI is InChI=1S/C15H25N/c1-5-14(6-2)11-16-13(4)15-9-7-8-12(3)10-15/h7-10,13-14,16H,5-6,11H2,1-4H3/t13-/m1/s1. The molecule has 0 radical (unpaired) electrons. The molecule has 0 aliphatic heterocycles. The Morgan fingerprint density at radius 3 is 2.44 bits per heavy atom. The van der Waals surface area contributed by atoms with E-state index in [2.05, 4.69) is 57.3 Å². The molecule has 0 saturated carbocycles. The smallest absolute Gasteiger partial charge is 0.0292 e. The number of rotatable bonds is 6. The fourth-order valence-electron chi connectivity index (χ4n) is 1.98. The number of nitrogens with one attached hydrogen (secondary N) is 1. The highest BCUT2D eigenvalue weighted by Gasteiger charge is 2.08. The van der Waals surface area contributed by atoms with Crippen LogP contribution in [0, 0.1) is 12.8 Å². The molecule has 90 valence electrons. The van der Waals surface area contributed by atoms with Crippen molar-refractivity contribution in [1.29, 1.82) is 0 Å². The Hall–Kier alpha value is -0.820. The van der Waals surface area contributed by atoms with E-state index in [1.807, 2.05) is 0 Å². The lowest BCUT2D eigenvalue weighted by Crippen LogP contribution is -2.25. The summed E-state index contributed by atoms with van der Waals surface area (Å²) >= 11 is 0. The lowest BCUT2D eigenvalue weighted by Gasteiger charge is -2.19. The molecule has 1 nitrogen and oxygen atoms in total. The summed E-state index contributed by atoms with van der Waals surface area (Å²) in [5.74, 6) is 0.812. The molecule has 1 aromatic carbocycles. The Kier molecular flexibility index (Phi) is 5.54. The van der Waals surface area contributed by atoms with Crippen LogP contribution in [0.4, 0.5) is 0 Å². The lowest BCUT2D eigenvalue weighted by atomic mass is 10.0. The van der Waals surface area contributed by atoms with Crippen molar-refractivity contribution < 1.29 is 0 Å². The van der Waals surface area contributed by atoms with Gasteiger partial charge in [-0.3, -0.25) is 0 Å². The second-order valence-corrected chi connectivity index (χ2v) is 4.73. The molecule has 1 aromatic rings. The van der Waals surface area contributed by atoms with Crippen molar-refractivity contribution in [3.05, 3.63) is 35.4 Å². The molecular formula is C15H25N. The first-order valence-electron chi connectivity index (χ1n) is 6.47. The van der Waals surface area contributed by atoms with Crippen LogP contribution in [0.2, 0.25) is 0 Å². The van der Waals surface area contributed by atoms with Gasteiger partial charge in [-0.2, -0.15) is 0 Å². The van der Waals surface area contributed by atoms with E-state index in [0.717, 1.165) is 12.5 Å². The molecule has 1 N–H and O–H groups in total. The minimum Gasteiger partial charge on any atom is -0.310 e. The summed E-state index contributed by atoms with van der Waals surface area (Å²) < 4.78 is 0. The van der Waals surface area contributed by atoms with Crippen LogP contribution in [0.5, 0.6) is 0 Å². The maximum atomic E-state index is 3.63. The third kappa shape index (κ3) is 3.97. The van der Waals surface area contributed by atoms with Crippen molar-refractivity contribution in [2.75, 3.05) is 6.54 Å². The van der Waals surface area contributed by atoms with E-state index in [0.29, 0.717) is 6.04 Å². The first-order valence-corrected chi connectivity index (χ1v) is 6.47. The van der Waals surface area contributed by atoms with Gasteiger partial charge in [0, 0.05) is 6.04 Å². The van der Waals surface area contributed by atoms with Gasteiger partial charge in [-0.25, -0.2) is 0 Å². The zero-order valence-corrected chi connectivity index (χ0v) is 11.1. The maximum Gasteiger partial charge on any atom is 0.0292 e. The van der Waals surface area contributed by atoms with Crippen LogP contribution in [0.1, 0.15) is 50.8 Å². The van der Waals surface area contributed by atoms with Crippen LogP contribution >= 0.6 is 0 Å². The van der Waals surface area contributed by atoms with Crippen molar-refractivity contribution in [1.82, 2.24) is 5.32 Å². The van der Waals surface area contributed by atoms with E-state index >= 15 is 0 Å². The first kappa shape index (κ1) is 13.2. The molecule has 0 amide bonds. The molecule has 1 rings (SSSR count). The second kappa shape index (κ2) is 6.70. The number of benzene rings is 1. The van der Waals surface area contributed by atoms with Crippen LogP contribution in [0.3, 0.4) is 0 Å². The second-order valence-electron chi connectivity index (χ2n) is 4.73. The zero-order valence-electron chi connectivity index (χ0n) is 11.1. The fourth-order valence-corrected chi connectivity index (χ4v) is 1.98. The molecule has 0 unspecified atom stereocenters. The summed E-state index contributed by atoms with van der Waals surface area (Å²) in [6, 6.07) is 9.22. The monoisotopic (exact) mass is 219 g/mol. The Balaban J connectivity index is 2.49. The van der Waals surface area contributed by atoms with Gasteiger partial charge in [0.25, 0.3) is 0 Å². The fraction of sp³-hybridized carbons (Fsp3) is 0.600. The first-order chi connectivity index (χ1) is 7.67. The van der Waals surface area contributed by atoms with Gasteiger partial charge in [0.2, 0.25) is 0 Å². The molecule has 0 fully saturated rings. The molecule has 0 saturated heterocycles. The van der Waals surface area contributed by atoms with Gasteiger partial charge >= 0.3 is 0 Å². The average Bonchev–Trinajstić information content (AvgIpc) is 2.30. The van der Waals surface area contributed by atoms with Crippen molar-refractivity contribution in [3.63, 3.8) is 0 Å². The van der Waals surface area contributed by atoms with Gasteiger partial charge in [-0.05, 0) is 31.9 Å². The van der Waals surface area contributed by atoms with Crippen LogP contribution < -0.4 is 5.32 Å². The number of hydrogen-bond acceptors (Lipinski definition) is 1. The normalized spacial score (nSPS) is 13.1. The number of hydrogen-bond donors (Lipinski definition) is 1. The predicted molar refractivity (Wildman–Crippen MR) is 71.7 cm³/mol. The zero-order chi connectivity index (χ0) is 12.0. The van der Waals surface area contributed by atoms with Crippen molar-refractivity contribution in [2.24, 2.45) is 5.92 Å². The molecule has 16 heavy (non-hydrogen) atoms. The third-order valence-electron chi connectivity index (χ3n) is 3.41. The van der Waals surface area contributed by atoms with Crippen LogP contribution in [-0.2, 0) is 0 Å². The third-order valence-corrected chi connectivity index (χ3v) is 3.41. The Morgan fingerprint density at radius 1 is 1.19 bits per heavy atom. The summed E-state index contributed by atoms with van der Waals surface area (Å²) in [4.78, 5) is 0. The molecular weight excluding hydrogens is 194 g/mol. The van der Waals surface area contributed by atoms with E-state index in [4.69, 9.17) is 0 Å². The van der Waals surface area contributed by atoms with E-state index in [1.165, 1.54) is 24.0 Å². The van der Waals surface area contributed by atoms with E-state index < -0.39 is 0 Å². The van der Waals surface area contributed by atoms with E-state index in [-0.39, 0.29) is 0 Å². The van der Waals surface area contributed by atoms with Crippen LogP contribution in [-0.4, -0.2) is 6.54 Å². The van der Waals surface area contributed by atoms with E-state index in [1.54, 1.807) is 0 Å². The summed E-state index contributed by atoms with van der Waals surface area (Å²) in [6.45, 7) is 10.1. The van der Waals surface area contributed by atoms with Gasteiger partial charge in [-0.15, -0.1) is 0 Å². The van der Waals surface area contributed by atoms with Crippen LogP contribution in [0.15, 0.2) is 24.3 Å². The van der Waals surface area contributed by atoms with Crippen molar-refractivity contribution in [2.45, 2.75) is 46.6 Å². The molecule has 0 aromatic heterocycles. The summed E-state index contributed by atoms with van der Waals surface area (Å²) in [7, 11) is 0. The largest absolute Gasteiger partial charge is 0.310 e. The highest BCUT2D eigenvalue weighted by Crippen LogP contribution is 2.15. The molecule has 0 aliphatic rings. The molecule has 0 bridgehead atoms. The Morgan fingerprint density at radius 2 is 1.88 bits per heavy atom. The quantitative estimate of drug-likeness (QED) is 0.760. The predicted octanol–water partition coefficient (Wildman–Crippen LogP) is 4.08. The van der Waals surface area contributed by atoms with Gasteiger partial charge in [0.15, 0.2) is 0 Å². The molecule has 1 atom stereocenters. The Bertz CT molecular complexity index is 302. The summed E-state index contributed by atoms with van der Waals surface area (Å²) in [5.41, 5.74) is 2.74. The number of aryl methyl sites for hydroxylation is 1. The van der Waals surface area contributed by atoms with Crippen molar-refractivity contribution in [3.8, 4) is 0 Å². The Labute approximate surface area is 100 Å². The van der Waals surface area contributed by atoms with E-state index in [9.17, 15) is 0 Å². The summed E-state index contributed by atoms with van der Waals surface area (Å²) in [6.07, 6.45) is 2.54. The van der Waals surface area contributed by atoms with Gasteiger partial charge in [-0.1, -0.05) is 56.5 Å². The van der Waals surface area contributed by atoms with Gasteiger partial charge in [0.1, 0.15) is 0 Å². The van der Waals surface area contributed by atoms with Crippen LogP contribution in [0.25, 0.3) is 0 Å². The van der Waals surface area contributed by atoms with Gasteiger partial charge in [0.05, 0.1) is 0 Å². The van der Waals surface area contributed by atoms with Gasteiger partial charge < -0.3 is 5.32 Å². The molecule has 0 aliphatic carbocycles. The highest BCUT2D eigenvalue weighted by molar-refractivity contribution is 5.24. The summed E-state index contributed by atoms with van der Waals surface area (Å²) in [5, 5.41) is 3.63. The maximum absolute atomic E-state index is 3.63. The lowest BCUT2D eigenvalue weighted by molar-refractivity contribution is 0.422. The highest BCUT2D eigenvalue weighted by atomic mass is 14.9. The minimum absolute atomic E-state index is 0.459. The molecule has 0 heterocycles. The topological polar surface area (TPSA) is 12.0 Å². The minimum atomic E-state index is 0.459. The SMILES string of the molecule is CCC(CC)CN[C@H](C)c1cccc(C)c1. The van der Waals surface area contributed by atoms with Crippen molar-refractivity contribution >= 4 is 0 Å².